The maximum atomic E-state index is 12.6. The molecule has 1 aromatic carbocycles. The van der Waals surface area contributed by atoms with E-state index in [1.807, 2.05) is 0 Å². The maximum Gasteiger partial charge on any atom is 0.287 e. The average Bonchev–Trinajstić information content (AvgIpc) is 2.90. The second-order valence-corrected chi connectivity index (χ2v) is 6.60. The Kier molecular flexibility index (Phi) is 4.00. The molecule has 0 bridgehead atoms. The topological polar surface area (TPSA) is 42.2 Å². The minimum Gasteiger partial charge on any atom is -0.451 e. The Morgan fingerprint density at radius 3 is 3.00 bits per heavy atom. The Morgan fingerprint density at radius 1 is 1.45 bits per heavy atom. The van der Waals surface area contributed by atoms with Crippen LogP contribution in [0.1, 0.15) is 49.6 Å². The second kappa shape index (κ2) is 5.81. The van der Waals surface area contributed by atoms with E-state index in [-0.39, 0.29) is 11.4 Å². The molecule has 0 aliphatic heterocycles. The van der Waals surface area contributed by atoms with Gasteiger partial charge in [0.05, 0.1) is 0 Å². The van der Waals surface area contributed by atoms with E-state index in [4.69, 9.17) is 16.0 Å². The van der Waals surface area contributed by atoms with E-state index in [9.17, 15) is 4.79 Å². The van der Waals surface area contributed by atoms with Crippen LogP contribution in [0.3, 0.4) is 0 Å². The average molecular weight is 318 g/mol. The number of halogens is 1. The zero-order valence-electron chi connectivity index (χ0n) is 12.7. The molecule has 1 atom stereocenters. The molecule has 2 aromatic rings. The Labute approximate surface area is 135 Å². The molecule has 1 N–H and O–H groups in total. The predicted octanol–water partition coefficient (Wildman–Crippen LogP) is 5.10. The van der Waals surface area contributed by atoms with Gasteiger partial charge in [-0.15, -0.1) is 0 Å². The molecular weight excluding hydrogens is 298 g/mol. The number of furan rings is 1. The van der Waals surface area contributed by atoms with Crippen molar-refractivity contribution in [1.29, 1.82) is 0 Å². The Morgan fingerprint density at radius 2 is 2.27 bits per heavy atom. The van der Waals surface area contributed by atoms with Crippen LogP contribution < -0.4 is 5.32 Å². The van der Waals surface area contributed by atoms with Crippen LogP contribution in [0.5, 0.6) is 0 Å². The monoisotopic (exact) mass is 317 g/mol. The summed E-state index contributed by atoms with van der Waals surface area (Å²) in [6.45, 7) is 6.20. The maximum absolute atomic E-state index is 12.6. The zero-order chi connectivity index (χ0) is 15.7. The molecule has 1 unspecified atom stereocenters. The SMILES string of the molecule is C=C1CCCC(CC)(NC(=O)c2cc3cc(Cl)ccc3o2)C1. The van der Waals surface area contributed by atoms with E-state index in [0.29, 0.717) is 16.4 Å². The lowest BCUT2D eigenvalue weighted by Gasteiger charge is -2.38. The molecule has 0 radical (unpaired) electrons. The number of carbonyl (C=O) groups excluding carboxylic acids is 1. The zero-order valence-corrected chi connectivity index (χ0v) is 13.5. The van der Waals surface area contributed by atoms with Crippen molar-refractivity contribution in [2.75, 3.05) is 0 Å². The molecule has 1 aliphatic carbocycles. The minimum absolute atomic E-state index is 0.163. The Bertz CT molecular complexity index is 734. The third kappa shape index (κ3) is 2.91. The van der Waals surface area contributed by atoms with Gasteiger partial charge in [0.15, 0.2) is 5.76 Å². The highest BCUT2D eigenvalue weighted by molar-refractivity contribution is 6.31. The standard InChI is InChI=1S/C18H20ClNO2/c1-3-18(8-4-5-12(2)11-18)20-17(21)16-10-13-9-14(19)6-7-15(13)22-16/h6-7,9-10H,2-5,8,11H2,1H3,(H,20,21). The second-order valence-electron chi connectivity index (χ2n) is 6.16. The fourth-order valence-electron chi connectivity index (χ4n) is 3.26. The third-order valence-corrected chi connectivity index (χ3v) is 4.77. The van der Waals surface area contributed by atoms with E-state index in [1.165, 1.54) is 5.57 Å². The first-order chi connectivity index (χ1) is 10.5. The molecule has 4 heteroatoms. The lowest BCUT2D eigenvalue weighted by molar-refractivity contribution is 0.0852. The molecule has 3 nitrogen and oxygen atoms in total. The van der Waals surface area contributed by atoms with Gasteiger partial charge in [0.1, 0.15) is 5.58 Å². The quantitative estimate of drug-likeness (QED) is 0.801. The number of rotatable bonds is 3. The lowest BCUT2D eigenvalue weighted by Crippen LogP contribution is -2.49. The number of hydrogen-bond acceptors (Lipinski definition) is 2. The molecule has 0 saturated heterocycles. The molecule has 3 rings (SSSR count). The van der Waals surface area contributed by atoms with Gasteiger partial charge in [-0.2, -0.15) is 0 Å². The number of nitrogens with one attached hydrogen (secondary N) is 1. The van der Waals surface area contributed by atoms with Gasteiger partial charge >= 0.3 is 0 Å². The first-order valence-electron chi connectivity index (χ1n) is 7.70. The van der Waals surface area contributed by atoms with Crippen LogP contribution in [0.25, 0.3) is 11.0 Å². The molecule has 0 spiro atoms. The molecule has 1 amide bonds. The van der Waals surface area contributed by atoms with Gasteiger partial charge in [-0.1, -0.05) is 30.7 Å². The van der Waals surface area contributed by atoms with Gasteiger partial charge in [0, 0.05) is 15.9 Å². The first-order valence-corrected chi connectivity index (χ1v) is 8.07. The number of benzene rings is 1. The fourth-order valence-corrected chi connectivity index (χ4v) is 3.44. The van der Waals surface area contributed by atoms with Gasteiger partial charge in [-0.3, -0.25) is 4.79 Å². The minimum atomic E-state index is -0.191. The summed E-state index contributed by atoms with van der Waals surface area (Å²) in [5, 5.41) is 4.65. The lowest BCUT2D eigenvalue weighted by atomic mass is 9.77. The van der Waals surface area contributed by atoms with E-state index in [0.717, 1.165) is 37.5 Å². The fraction of sp³-hybridized carbons (Fsp3) is 0.389. The van der Waals surface area contributed by atoms with Crippen LogP contribution in [0.2, 0.25) is 5.02 Å². The van der Waals surface area contributed by atoms with E-state index in [1.54, 1.807) is 24.3 Å². The van der Waals surface area contributed by atoms with Gasteiger partial charge in [0.2, 0.25) is 0 Å². The van der Waals surface area contributed by atoms with Crippen molar-refractivity contribution in [2.45, 2.75) is 44.6 Å². The van der Waals surface area contributed by atoms with Crippen LogP contribution >= 0.6 is 11.6 Å². The summed E-state index contributed by atoms with van der Waals surface area (Å²) in [4.78, 5) is 12.6. The number of carbonyl (C=O) groups is 1. The van der Waals surface area contributed by atoms with E-state index in [2.05, 4.69) is 18.8 Å². The van der Waals surface area contributed by atoms with Gasteiger partial charge < -0.3 is 9.73 Å². The number of amides is 1. The first kappa shape index (κ1) is 15.2. The summed E-state index contributed by atoms with van der Waals surface area (Å²) in [6, 6.07) is 7.09. The smallest absolute Gasteiger partial charge is 0.287 e. The van der Waals surface area contributed by atoms with Gasteiger partial charge in [-0.25, -0.2) is 0 Å². The Hall–Kier alpha value is -1.74. The molecule has 1 aromatic heterocycles. The Balaban J connectivity index is 1.84. The van der Waals surface area contributed by atoms with E-state index < -0.39 is 0 Å². The van der Waals surface area contributed by atoms with Crippen molar-refractivity contribution >= 4 is 28.5 Å². The van der Waals surface area contributed by atoms with Crippen LogP contribution in [0.15, 0.2) is 40.8 Å². The number of fused-ring (bicyclic) bond motifs is 1. The van der Waals surface area contributed by atoms with Crippen molar-refractivity contribution in [3.05, 3.63) is 47.2 Å². The van der Waals surface area contributed by atoms with Crippen molar-refractivity contribution in [2.24, 2.45) is 0 Å². The molecule has 1 heterocycles. The molecule has 22 heavy (non-hydrogen) atoms. The van der Waals surface area contributed by atoms with Crippen LogP contribution in [0, 0.1) is 0 Å². The summed E-state index contributed by atoms with van der Waals surface area (Å²) in [5.41, 5.74) is 1.70. The predicted molar refractivity (Wildman–Crippen MR) is 89.3 cm³/mol. The molecule has 1 aliphatic rings. The summed E-state index contributed by atoms with van der Waals surface area (Å²) in [5.74, 6) is 0.171. The summed E-state index contributed by atoms with van der Waals surface area (Å²) >= 11 is 5.97. The number of hydrogen-bond donors (Lipinski definition) is 1. The van der Waals surface area contributed by atoms with E-state index >= 15 is 0 Å². The van der Waals surface area contributed by atoms with Crippen LogP contribution in [0.4, 0.5) is 0 Å². The summed E-state index contributed by atoms with van der Waals surface area (Å²) in [6.07, 6.45) is 4.86. The highest BCUT2D eigenvalue weighted by Gasteiger charge is 2.34. The highest BCUT2D eigenvalue weighted by atomic mass is 35.5. The van der Waals surface area contributed by atoms with Crippen molar-refractivity contribution in [3.8, 4) is 0 Å². The van der Waals surface area contributed by atoms with Crippen LogP contribution in [-0.4, -0.2) is 11.4 Å². The third-order valence-electron chi connectivity index (χ3n) is 4.53. The van der Waals surface area contributed by atoms with Crippen molar-refractivity contribution < 1.29 is 9.21 Å². The molecule has 1 fully saturated rings. The van der Waals surface area contributed by atoms with Crippen molar-refractivity contribution in [3.63, 3.8) is 0 Å². The van der Waals surface area contributed by atoms with Crippen LogP contribution in [-0.2, 0) is 0 Å². The molecule has 1 saturated carbocycles. The van der Waals surface area contributed by atoms with Crippen molar-refractivity contribution in [1.82, 2.24) is 5.32 Å². The van der Waals surface area contributed by atoms with Gasteiger partial charge in [0.25, 0.3) is 5.91 Å². The molecule has 116 valence electrons. The normalized spacial score (nSPS) is 22.0. The highest BCUT2D eigenvalue weighted by Crippen LogP contribution is 2.34. The summed E-state index contributed by atoms with van der Waals surface area (Å²) < 4.78 is 5.65. The molecular formula is C18H20ClNO2. The van der Waals surface area contributed by atoms with Gasteiger partial charge in [-0.05, 0) is 56.4 Å². The largest absolute Gasteiger partial charge is 0.451 e. The summed E-state index contributed by atoms with van der Waals surface area (Å²) in [7, 11) is 0.